The summed E-state index contributed by atoms with van der Waals surface area (Å²) in [6.07, 6.45) is 3.70. The van der Waals surface area contributed by atoms with Crippen molar-refractivity contribution in [2.45, 2.75) is 35.9 Å². The first kappa shape index (κ1) is 12.6. The summed E-state index contributed by atoms with van der Waals surface area (Å²) < 4.78 is 0. The lowest BCUT2D eigenvalue weighted by Gasteiger charge is -2.07. The van der Waals surface area contributed by atoms with Gasteiger partial charge in [-0.15, -0.1) is 0 Å². The van der Waals surface area contributed by atoms with Crippen molar-refractivity contribution in [2.24, 2.45) is 0 Å². The summed E-state index contributed by atoms with van der Waals surface area (Å²) in [7, 11) is 0. The first-order valence-electron chi connectivity index (χ1n) is 5.90. The molecule has 0 bridgehead atoms. The summed E-state index contributed by atoms with van der Waals surface area (Å²) in [6.45, 7) is 1.86. The number of nitrogens with zero attached hydrogens (tertiary/aromatic N) is 3. The molecule has 0 spiro atoms. The topological polar surface area (TPSA) is 71.5 Å². The van der Waals surface area contributed by atoms with E-state index >= 15 is 0 Å². The first-order valence-corrected chi connectivity index (χ1v) is 7.10. The third-order valence-corrected chi connectivity index (χ3v) is 4.20. The standard InChI is InChI=1S/C12H11ClN4OS/c1-6-9(13)16-10(7-2-3-7)17-11(6)19-12-14-5-4-8(18)15-12/h4-5,7H,2-3H2,1H3,(H,14,15,18). The fraction of sp³-hybridized carbons (Fsp3) is 0.333. The SMILES string of the molecule is Cc1c(Cl)nc(C2CC2)nc1Sc1nccc(=O)[nH]1. The molecule has 0 atom stereocenters. The molecule has 0 radical (unpaired) electrons. The predicted octanol–water partition coefficient (Wildman–Crippen LogP) is 2.55. The van der Waals surface area contributed by atoms with Crippen LogP contribution in [0.2, 0.25) is 5.15 Å². The van der Waals surface area contributed by atoms with Gasteiger partial charge < -0.3 is 4.98 Å². The summed E-state index contributed by atoms with van der Waals surface area (Å²) in [6, 6.07) is 1.37. The van der Waals surface area contributed by atoms with Crippen LogP contribution in [0.3, 0.4) is 0 Å². The Morgan fingerprint density at radius 2 is 2.21 bits per heavy atom. The van der Waals surface area contributed by atoms with Crippen molar-refractivity contribution < 1.29 is 0 Å². The lowest BCUT2D eigenvalue weighted by Crippen LogP contribution is -2.06. The van der Waals surface area contributed by atoms with Gasteiger partial charge in [-0.2, -0.15) is 0 Å². The van der Waals surface area contributed by atoms with Gasteiger partial charge in [0.25, 0.3) is 5.56 Å². The van der Waals surface area contributed by atoms with Crippen LogP contribution in [0.5, 0.6) is 0 Å². The van der Waals surface area contributed by atoms with Crippen LogP contribution >= 0.6 is 23.4 Å². The van der Waals surface area contributed by atoms with Crippen LogP contribution in [0.1, 0.15) is 30.1 Å². The Hall–Kier alpha value is -1.40. The summed E-state index contributed by atoms with van der Waals surface area (Å²) >= 11 is 7.43. The number of aromatic nitrogens is 4. The minimum atomic E-state index is -0.183. The van der Waals surface area contributed by atoms with Gasteiger partial charge >= 0.3 is 0 Å². The molecule has 1 fully saturated rings. The lowest BCUT2D eigenvalue weighted by atomic mass is 10.3. The average molecular weight is 295 g/mol. The minimum absolute atomic E-state index is 0.183. The van der Waals surface area contributed by atoms with E-state index in [9.17, 15) is 4.79 Å². The smallest absolute Gasteiger partial charge is 0.251 e. The molecule has 1 N–H and O–H groups in total. The molecular formula is C12H11ClN4OS. The van der Waals surface area contributed by atoms with E-state index in [-0.39, 0.29) is 5.56 Å². The summed E-state index contributed by atoms with van der Waals surface area (Å²) in [5.74, 6) is 1.22. The quantitative estimate of drug-likeness (QED) is 0.696. The van der Waals surface area contributed by atoms with Crippen molar-refractivity contribution in [3.63, 3.8) is 0 Å². The molecule has 7 heteroatoms. The van der Waals surface area contributed by atoms with Crippen molar-refractivity contribution in [3.05, 3.63) is 39.2 Å². The van der Waals surface area contributed by atoms with E-state index in [2.05, 4.69) is 19.9 Å². The molecule has 0 aliphatic heterocycles. The molecule has 2 aromatic heterocycles. The second kappa shape index (κ2) is 4.94. The number of hydrogen-bond acceptors (Lipinski definition) is 5. The largest absolute Gasteiger partial charge is 0.301 e. The average Bonchev–Trinajstić information content (AvgIpc) is 3.19. The Kier molecular flexibility index (Phi) is 3.28. The molecule has 19 heavy (non-hydrogen) atoms. The van der Waals surface area contributed by atoms with Crippen molar-refractivity contribution in [2.75, 3.05) is 0 Å². The van der Waals surface area contributed by atoms with E-state index in [0.29, 0.717) is 16.2 Å². The second-order valence-electron chi connectivity index (χ2n) is 4.42. The van der Waals surface area contributed by atoms with E-state index in [0.717, 1.165) is 29.3 Å². The van der Waals surface area contributed by atoms with Crippen molar-refractivity contribution in [1.82, 2.24) is 19.9 Å². The van der Waals surface area contributed by atoms with Gasteiger partial charge in [0.2, 0.25) is 0 Å². The van der Waals surface area contributed by atoms with Gasteiger partial charge in [0.15, 0.2) is 5.16 Å². The molecule has 1 aliphatic carbocycles. The number of H-pyrrole nitrogens is 1. The van der Waals surface area contributed by atoms with Gasteiger partial charge in [-0.25, -0.2) is 15.0 Å². The fourth-order valence-corrected chi connectivity index (χ4v) is 2.67. The molecule has 0 amide bonds. The number of nitrogens with one attached hydrogen (secondary N) is 1. The van der Waals surface area contributed by atoms with E-state index in [1.807, 2.05) is 6.92 Å². The molecular weight excluding hydrogens is 284 g/mol. The third-order valence-electron chi connectivity index (χ3n) is 2.84. The summed E-state index contributed by atoms with van der Waals surface area (Å²) in [4.78, 5) is 26.8. The molecule has 0 aromatic carbocycles. The number of aromatic amines is 1. The summed E-state index contributed by atoms with van der Waals surface area (Å²) in [5, 5.41) is 1.72. The van der Waals surface area contributed by atoms with Gasteiger partial charge in [0.05, 0.1) is 0 Å². The fourth-order valence-electron chi connectivity index (χ4n) is 1.60. The number of hydrogen-bond donors (Lipinski definition) is 1. The van der Waals surface area contributed by atoms with E-state index in [1.54, 1.807) is 0 Å². The molecule has 98 valence electrons. The summed E-state index contributed by atoms with van der Waals surface area (Å²) in [5.41, 5.74) is 0.625. The van der Waals surface area contributed by atoms with E-state index in [1.165, 1.54) is 24.0 Å². The highest BCUT2D eigenvalue weighted by atomic mass is 35.5. The maximum absolute atomic E-state index is 11.2. The van der Waals surface area contributed by atoms with Crippen molar-refractivity contribution >= 4 is 23.4 Å². The van der Waals surface area contributed by atoms with Crippen molar-refractivity contribution in [3.8, 4) is 0 Å². The van der Waals surface area contributed by atoms with Crippen LogP contribution in [0.15, 0.2) is 27.2 Å². The van der Waals surface area contributed by atoms with Gasteiger partial charge in [0.1, 0.15) is 16.0 Å². The zero-order valence-corrected chi connectivity index (χ0v) is 11.8. The normalized spacial score (nSPS) is 14.6. The highest BCUT2D eigenvalue weighted by Gasteiger charge is 2.28. The Morgan fingerprint density at radius 3 is 2.89 bits per heavy atom. The Labute approximate surface area is 118 Å². The molecule has 0 unspecified atom stereocenters. The van der Waals surface area contributed by atoms with Gasteiger partial charge in [-0.1, -0.05) is 11.6 Å². The highest BCUT2D eigenvalue weighted by Crippen LogP contribution is 2.40. The minimum Gasteiger partial charge on any atom is -0.301 e. The van der Waals surface area contributed by atoms with E-state index < -0.39 is 0 Å². The predicted molar refractivity (Wildman–Crippen MR) is 72.7 cm³/mol. The molecule has 0 saturated heterocycles. The first-order chi connectivity index (χ1) is 9.13. The highest BCUT2D eigenvalue weighted by molar-refractivity contribution is 7.99. The second-order valence-corrected chi connectivity index (χ2v) is 5.75. The molecule has 3 rings (SSSR count). The van der Waals surface area contributed by atoms with Gasteiger partial charge in [-0.3, -0.25) is 4.79 Å². The maximum Gasteiger partial charge on any atom is 0.251 e. The van der Waals surface area contributed by atoms with Crippen LogP contribution in [0.4, 0.5) is 0 Å². The molecule has 2 aromatic rings. The zero-order chi connectivity index (χ0) is 13.4. The van der Waals surface area contributed by atoms with Crippen LogP contribution < -0.4 is 5.56 Å². The van der Waals surface area contributed by atoms with Crippen LogP contribution in [-0.2, 0) is 0 Å². The monoisotopic (exact) mass is 294 g/mol. The molecule has 5 nitrogen and oxygen atoms in total. The molecule has 1 aliphatic rings. The van der Waals surface area contributed by atoms with Crippen molar-refractivity contribution in [1.29, 1.82) is 0 Å². The van der Waals surface area contributed by atoms with E-state index in [4.69, 9.17) is 11.6 Å². The zero-order valence-electron chi connectivity index (χ0n) is 10.2. The molecule has 2 heterocycles. The van der Waals surface area contributed by atoms with Crippen LogP contribution in [0.25, 0.3) is 0 Å². The Morgan fingerprint density at radius 1 is 1.42 bits per heavy atom. The number of halogens is 1. The van der Waals surface area contributed by atoms with Crippen LogP contribution in [-0.4, -0.2) is 19.9 Å². The maximum atomic E-state index is 11.2. The molecule has 1 saturated carbocycles. The third kappa shape index (κ3) is 2.79. The van der Waals surface area contributed by atoms with Gasteiger partial charge in [0, 0.05) is 23.7 Å². The van der Waals surface area contributed by atoms with Crippen LogP contribution in [0, 0.1) is 6.92 Å². The number of rotatable bonds is 3. The lowest BCUT2D eigenvalue weighted by molar-refractivity contribution is 0.855. The Bertz CT molecular complexity index is 684. The van der Waals surface area contributed by atoms with Gasteiger partial charge in [-0.05, 0) is 31.5 Å². The Balaban J connectivity index is 1.97.